The summed E-state index contributed by atoms with van der Waals surface area (Å²) in [5.41, 5.74) is 1.32. The van der Waals surface area contributed by atoms with Crippen molar-refractivity contribution in [3.8, 4) is 11.6 Å². The maximum atomic E-state index is 12.0. The van der Waals surface area contributed by atoms with Gasteiger partial charge in [-0.1, -0.05) is 0 Å². The first-order valence-electron chi connectivity index (χ1n) is 5.13. The molecule has 90 valence electrons. The molecule has 0 spiro atoms. The molecule has 1 aromatic carbocycles. The highest BCUT2D eigenvalue weighted by atomic mass is 79.9. The summed E-state index contributed by atoms with van der Waals surface area (Å²) in [5, 5.41) is 13.8. The lowest BCUT2D eigenvalue weighted by Gasteiger charge is -2.03. The van der Waals surface area contributed by atoms with Gasteiger partial charge in [0.25, 0.3) is 0 Å². The summed E-state index contributed by atoms with van der Waals surface area (Å²) in [4.78, 5) is 12.0. The van der Waals surface area contributed by atoms with Crippen LogP contribution in [0.4, 0.5) is 0 Å². The molecular weight excluding hydrogens is 300 g/mol. The number of aromatic amines is 1. The number of hydrogen-bond donors (Lipinski definition) is 1. The Labute approximate surface area is 109 Å². The van der Waals surface area contributed by atoms with E-state index >= 15 is 0 Å². The second-order valence-electron chi connectivity index (χ2n) is 3.83. The Morgan fingerprint density at radius 3 is 2.89 bits per heavy atom. The van der Waals surface area contributed by atoms with E-state index in [1.54, 1.807) is 6.07 Å². The zero-order chi connectivity index (χ0) is 12.7. The van der Waals surface area contributed by atoms with Crippen LogP contribution < -0.4 is 5.43 Å². The van der Waals surface area contributed by atoms with Crippen LogP contribution in [0.3, 0.4) is 0 Å². The smallest absolute Gasteiger partial charge is 0.239 e. The minimum absolute atomic E-state index is 0.138. The lowest BCUT2D eigenvalue weighted by Crippen LogP contribution is -2.01. The van der Waals surface area contributed by atoms with Gasteiger partial charge in [0.2, 0.25) is 5.82 Å². The van der Waals surface area contributed by atoms with E-state index in [-0.39, 0.29) is 17.0 Å². The van der Waals surface area contributed by atoms with Gasteiger partial charge in [-0.05, 0) is 45.8 Å². The fraction of sp³-hybridized carbons (Fsp3) is 0.0909. The van der Waals surface area contributed by atoms with E-state index in [1.807, 2.05) is 13.0 Å². The van der Waals surface area contributed by atoms with Gasteiger partial charge in [-0.3, -0.25) is 4.79 Å². The first kappa shape index (κ1) is 11.1. The number of rotatable bonds is 1. The second-order valence-corrected chi connectivity index (χ2v) is 4.69. The lowest BCUT2D eigenvalue weighted by atomic mass is 10.1. The molecule has 0 amide bonds. The van der Waals surface area contributed by atoms with Crippen molar-refractivity contribution in [1.29, 1.82) is 0 Å². The van der Waals surface area contributed by atoms with E-state index < -0.39 is 0 Å². The molecule has 0 radical (unpaired) electrons. The Morgan fingerprint density at radius 1 is 1.33 bits per heavy atom. The summed E-state index contributed by atoms with van der Waals surface area (Å²) in [6.45, 7) is 1.91. The van der Waals surface area contributed by atoms with Crippen molar-refractivity contribution in [3.05, 3.63) is 38.5 Å². The molecule has 0 aliphatic heterocycles. The van der Waals surface area contributed by atoms with Crippen LogP contribution in [0.1, 0.15) is 5.56 Å². The van der Waals surface area contributed by atoms with E-state index in [9.17, 15) is 4.79 Å². The lowest BCUT2D eigenvalue weighted by molar-refractivity contribution is 0.611. The summed E-state index contributed by atoms with van der Waals surface area (Å²) < 4.78 is 6.36. The fourth-order valence-corrected chi connectivity index (χ4v) is 2.38. The van der Waals surface area contributed by atoms with Crippen molar-refractivity contribution in [3.63, 3.8) is 0 Å². The molecule has 1 N–H and O–H groups in total. The third kappa shape index (κ3) is 1.72. The van der Waals surface area contributed by atoms with Gasteiger partial charge in [-0.15, -0.1) is 10.2 Å². The highest BCUT2D eigenvalue weighted by Gasteiger charge is 2.12. The van der Waals surface area contributed by atoms with E-state index in [0.717, 1.165) is 10.0 Å². The van der Waals surface area contributed by atoms with Crippen LogP contribution in [0, 0.1) is 6.92 Å². The fourth-order valence-electron chi connectivity index (χ4n) is 1.73. The summed E-state index contributed by atoms with van der Waals surface area (Å²) in [5.74, 6) is 0.535. The van der Waals surface area contributed by atoms with Crippen LogP contribution in [0.25, 0.3) is 22.6 Å². The largest absolute Gasteiger partial charge is 0.451 e. The average molecular weight is 307 g/mol. The van der Waals surface area contributed by atoms with E-state index in [4.69, 9.17) is 4.42 Å². The number of benzene rings is 1. The first-order valence-corrected chi connectivity index (χ1v) is 5.92. The number of nitrogens with zero attached hydrogens (tertiary/aromatic N) is 3. The zero-order valence-electron chi connectivity index (χ0n) is 9.27. The minimum Gasteiger partial charge on any atom is -0.451 e. The SMILES string of the molecule is Cc1cc(Br)c2oc(-c3nn[nH]n3)cc(=O)c2c1. The zero-order valence-corrected chi connectivity index (χ0v) is 10.9. The molecule has 3 aromatic rings. The Kier molecular flexibility index (Phi) is 2.48. The summed E-state index contributed by atoms with van der Waals surface area (Å²) in [7, 11) is 0. The number of hydrogen-bond acceptors (Lipinski definition) is 5. The minimum atomic E-state index is -0.138. The number of tetrazole rings is 1. The molecular formula is C11H7BrN4O2. The van der Waals surface area contributed by atoms with Gasteiger partial charge in [-0.25, -0.2) is 0 Å². The highest BCUT2D eigenvalue weighted by Crippen LogP contribution is 2.26. The maximum Gasteiger partial charge on any atom is 0.239 e. The predicted octanol–water partition coefficient (Wildman–Crippen LogP) is 2.04. The number of aromatic nitrogens is 4. The van der Waals surface area contributed by atoms with Gasteiger partial charge >= 0.3 is 0 Å². The van der Waals surface area contributed by atoms with Crippen LogP contribution in [0.5, 0.6) is 0 Å². The quantitative estimate of drug-likeness (QED) is 0.743. The molecule has 0 aliphatic carbocycles. The average Bonchev–Trinajstić information content (AvgIpc) is 2.83. The summed E-state index contributed by atoms with van der Waals surface area (Å²) >= 11 is 3.38. The third-order valence-electron chi connectivity index (χ3n) is 2.49. The molecule has 3 rings (SSSR count). The van der Waals surface area contributed by atoms with Gasteiger partial charge in [-0.2, -0.15) is 5.21 Å². The van der Waals surface area contributed by atoms with Crippen LogP contribution in [0.2, 0.25) is 0 Å². The van der Waals surface area contributed by atoms with E-state index in [2.05, 4.69) is 36.6 Å². The van der Waals surface area contributed by atoms with Crippen LogP contribution >= 0.6 is 15.9 Å². The molecule has 0 aliphatic rings. The number of halogens is 1. The number of aryl methyl sites for hydroxylation is 1. The summed E-state index contributed by atoms with van der Waals surface area (Å²) in [6.07, 6.45) is 0. The number of H-pyrrole nitrogens is 1. The van der Waals surface area contributed by atoms with E-state index in [1.165, 1.54) is 6.07 Å². The second kappa shape index (κ2) is 4.02. The molecule has 2 aromatic heterocycles. The Morgan fingerprint density at radius 2 is 2.17 bits per heavy atom. The Bertz CT molecular complexity index is 780. The van der Waals surface area contributed by atoms with Crippen LogP contribution in [-0.2, 0) is 0 Å². The van der Waals surface area contributed by atoms with Crippen molar-refractivity contribution in [2.24, 2.45) is 0 Å². The molecule has 0 fully saturated rings. The molecule has 0 bridgehead atoms. The van der Waals surface area contributed by atoms with Gasteiger partial charge in [0.15, 0.2) is 16.8 Å². The third-order valence-corrected chi connectivity index (χ3v) is 3.08. The van der Waals surface area contributed by atoms with Crippen LogP contribution in [-0.4, -0.2) is 20.6 Å². The molecule has 7 heteroatoms. The topological polar surface area (TPSA) is 84.7 Å². The highest BCUT2D eigenvalue weighted by molar-refractivity contribution is 9.10. The summed E-state index contributed by atoms with van der Waals surface area (Å²) in [6, 6.07) is 5.02. The molecule has 2 heterocycles. The van der Waals surface area contributed by atoms with Gasteiger partial charge in [0.1, 0.15) is 0 Å². The molecule has 6 nitrogen and oxygen atoms in total. The first-order chi connectivity index (χ1) is 8.65. The van der Waals surface area contributed by atoms with E-state index in [0.29, 0.717) is 11.0 Å². The van der Waals surface area contributed by atoms with Crippen molar-refractivity contribution < 1.29 is 4.42 Å². The Hall–Kier alpha value is -2.02. The molecule has 0 saturated heterocycles. The van der Waals surface area contributed by atoms with Gasteiger partial charge in [0.05, 0.1) is 9.86 Å². The number of nitrogens with one attached hydrogen (secondary N) is 1. The Balaban J connectivity index is 2.38. The molecule has 0 saturated carbocycles. The number of fused-ring (bicyclic) bond motifs is 1. The van der Waals surface area contributed by atoms with Crippen molar-refractivity contribution in [1.82, 2.24) is 20.6 Å². The standard InChI is InChI=1S/C11H7BrN4O2/c1-5-2-6-8(17)4-9(11-13-15-16-14-11)18-10(6)7(12)3-5/h2-4H,1H3,(H,13,14,15,16). The van der Waals surface area contributed by atoms with Crippen LogP contribution in [0.15, 0.2) is 31.9 Å². The monoisotopic (exact) mass is 306 g/mol. The molecule has 0 unspecified atom stereocenters. The molecule has 0 atom stereocenters. The molecule has 18 heavy (non-hydrogen) atoms. The predicted molar refractivity (Wildman–Crippen MR) is 68.1 cm³/mol. The van der Waals surface area contributed by atoms with Gasteiger partial charge in [0, 0.05) is 6.07 Å². The normalized spacial score (nSPS) is 11.0. The van der Waals surface area contributed by atoms with Crippen molar-refractivity contribution in [2.75, 3.05) is 0 Å². The van der Waals surface area contributed by atoms with Crippen molar-refractivity contribution in [2.45, 2.75) is 6.92 Å². The van der Waals surface area contributed by atoms with Gasteiger partial charge < -0.3 is 4.42 Å². The maximum absolute atomic E-state index is 12.0. The van der Waals surface area contributed by atoms with Crippen molar-refractivity contribution >= 4 is 26.9 Å².